The molecule has 2 aromatic carbocycles. The smallest absolute Gasteiger partial charge is 0.251 e. The van der Waals surface area contributed by atoms with Crippen molar-refractivity contribution in [1.82, 2.24) is 5.32 Å². The standard InChI is InChI=1S/C19H22N2O3.ClH/c1-19(2)11-16(15-10-13(20)7-8-17(15)24-19)21-18(22)12-5-4-6-14(9-12)23-3;/h4-10,16H,11,20H2,1-3H3,(H,21,22);1H. The SMILES string of the molecule is COc1cccc(C(=O)NC2CC(C)(C)Oc3ccc(N)cc32)c1.Cl. The summed E-state index contributed by atoms with van der Waals surface area (Å²) in [6, 6.07) is 12.5. The van der Waals surface area contributed by atoms with Crippen molar-refractivity contribution >= 4 is 24.0 Å². The topological polar surface area (TPSA) is 73.6 Å². The van der Waals surface area contributed by atoms with Crippen molar-refractivity contribution in [2.24, 2.45) is 0 Å². The van der Waals surface area contributed by atoms with Crippen molar-refractivity contribution in [3.8, 4) is 11.5 Å². The van der Waals surface area contributed by atoms with E-state index in [9.17, 15) is 4.79 Å². The number of rotatable bonds is 3. The van der Waals surface area contributed by atoms with E-state index in [4.69, 9.17) is 15.2 Å². The number of carbonyl (C=O) groups excluding carboxylic acids is 1. The van der Waals surface area contributed by atoms with Crippen LogP contribution in [0.2, 0.25) is 0 Å². The Morgan fingerprint density at radius 2 is 2.04 bits per heavy atom. The molecule has 0 aromatic heterocycles. The average molecular weight is 363 g/mol. The van der Waals surface area contributed by atoms with Crippen LogP contribution in [0.25, 0.3) is 0 Å². The summed E-state index contributed by atoms with van der Waals surface area (Å²) in [6.07, 6.45) is 0.666. The lowest BCUT2D eigenvalue weighted by Crippen LogP contribution is -2.41. The highest BCUT2D eigenvalue weighted by Gasteiger charge is 2.34. The van der Waals surface area contributed by atoms with Crippen LogP contribution in [0.5, 0.6) is 11.5 Å². The number of hydrogen-bond acceptors (Lipinski definition) is 4. The lowest BCUT2D eigenvalue weighted by atomic mass is 9.89. The fourth-order valence-electron chi connectivity index (χ4n) is 3.01. The first kappa shape index (κ1) is 18.9. The molecule has 0 bridgehead atoms. The number of nitrogen functional groups attached to an aromatic ring is 1. The van der Waals surface area contributed by atoms with Gasteiger partial charge in [-0.2, -0.15) is 0 Å². The van der Waals surface area contributed by atoms with E-state index in [0.717, 1.165) is 11.3 Å². The number of carbonyl (C=O) groups is 1. The van der Waals surface area contributed by atoms with Crippen LogP contribution in [0.1, 0.15) is 42.2 Å². The number of fused-ring (bicyclic) bond motifs is 1. The van der Waals surface area contributed by atoms with Gasteiger partial charge in [-0.1, -0.05) is 6.07 Å². The molecular formula is C19H23ClN2O3. The maximum Gasteiger partial charge on any atom is 0.251 e. The van der Waals surface area contributed by atoms with Crippen molar-refractivity contribution in [3.05, 3.63) is 53.6 Å². The molecular weight excluding hydrogens is 340 g/mol. The van der Waals surface area contributed by atoms with Crippen molar-refractivity contribution in [3.63, 3.8) is 0 Å². The number of hydrogen-bond donors (Lipinski definition) is 2. The minimum Gasteiger partial charge on any atom is -0.497 e. The molecule has 1 aliphatic heterocycles. The molecule has 0 fully saturated rings. The molecule has 134 valence electrons. The van der Waals surface area contributed by atoms with Crippen LogP contribution in [0.15, 0.2) is 42.5 Å². The first-order valence-corrected chi connectivity index (χ1v) is 7.91. The second kappa shape index (κ2) is 7.23. The molecule has 25 heavy (non-hydrogen) atoms. The minimum atomic E-state index is -0.366. The second-order valence-corrected chi connectivity index (χ2v) is 6.62. The van der Waals surface area contributed by atoms with Crippen LogP contribution in [-0.2, 0) is 0 Å². The summed E-state index contributed by atoms with van der Waals surface area (Å²) in [4.78, 5) is 12.6. The number of benzene rings is 2. The number of halogens is 1. The Bertz CT molecular complexity index is 777. The molecule has 2 aromatic rings. The Morgan fingerprint density at radius 3 is 2.76 bits per heavy atom. The summed E-state index contributed by atoms with van der Waals surface area (Å²) >= 11 is 0. The summed E-state index contributed by atoms with van der Waals surface area (Å²) < 4.78 is 11.2. The highest BCUT2D eigenvalue weighted by molar-refractivity contribution is 5.95. The van der Waals surface area contributed by atoms with E-state index in [2.05, 4.69) is 5.32 Å². The Morgan fingerprint density at radius 1 is 1.28 bits per heavy atom. The Hall–Kier alpha value is -2.40. The van der Waals surface area contributed by atoms with Crippen molar-refractivity contribution < 1.29 is 14.3 Å². The summed E-state index contributed by atoms with van der Waals surface area (Å²) in [5.74, 6) is 1.26. The van der Waals surface area contributed by atoms with E-state index in [0.29, 0.717) is 23.4 Å². The van der Waals surface area contributed by atoms with E-state index in [1.165, 1.54) is 0 Å². The van der Waals surface area contributed by atoms with Gasteiger partial charge < -0.3 is 20.5 Å². The second-order valence-electron chi connectivity index (χ2n) is 6.62. The Kier molecular flexibility index (Phi) is 5.48. The van der Waals surface area contributed by atoms with Gasteiger partial charge in [0.05, 0.1) is 13.2 Å². The van der Waals surface area contributed by atoms with Gasteiger partial charge in [-0.15, -0.1) is 12.4 Å². The molecule has 0 spiro atoms. The molecule has 5 nitrogen and oxygen atoms in total. The first-order valence-electron chi connectivity index (χ1n) is 7.91. The summed E-state index contributed by atoms with van der Waals surface area (Å²) in [6.45, 7) is 4.02. The van der Waals surface area contributed by atoms with Gasteiger partial charge in [0.1, 0.15) is 17.1 Å². The van der Waals surface area contributed by atoms with E-state index >= 15 is 0 Å². The number of ether oxygens (including phenoxy) is 2. The Balaban J connectivity index is 0.00000225. The molecule has 0 radical (unpaired) electrons. The van der Waals surface area contributed by atoms with Gasteiger partial charge in [0.2, 0.25) is 0 Å². The lowest BCUT2D eigenvalue weighted by molar-refractivity contribution is 0.0620. The maximum absolute atomic E-state index is 12.6. The monoisotopic (exact) mass is 362 g/mol. The summed E-state index contributed by atoms with van der Waals surface area (Å²) in [5.41, 5.74) is 7.66. The molecule has 1 unspecified atom stereocenters. The van der Waals surface area contributed by atoms with Gasteiger partial charge in [0.15, 0.2) is 0 Å². The van der Waals surface area contributed by atoms with Gasteiger partial charge in [-0.25, -0.2) is 0 Å². The zero-order chi connectivity index (χ0) is 17.3. The van der Waals surface area contributed by atoms with Gasteiger partial charge in [0.25, 0.3) is 5.91 Å². The van der Waals surface area contributed by atoms with Gasteiger partial charge in [-0.05, 0) is 50.2 Å². The fourth-order valence-corrected chi connectivity index (χ4v) is 3.01. The van der Waals surface area contributed by atoms with Crippen molar-refractivity contribution in [2.75, 3.05) is 12.8 Å². The number of methoxy groups -OCH3 is 1. The van der Waals surface area contributed by atoms with Crippen molar-refractivity contribution in [2.45, 2.75) is 31.9 Å². The quantitative estimate of drug-likeness (QED) is 0.816. The van der Waals surface area contributed by atoms with Crippen molar-refractivity contribution in [1.29, 1.82) is 0 Å². The van der Waals surface area contributed by atoms with Crippen LogP contribution in [0, 0.1) is 0 Å². The largest absolute Gasteiger partial charge is 0.497 e. The van der Waals surface area contributed by atoms with Crippen LogP contribution in [0.4, 0.5) is 5.69 Å². The van der Waals surface area contributed by atoms with Gasteiger partial charge >= 0.3 is 0 Å². The van der Waals surface area contributed by atoms with E-state index in [-0.39, 0.29) is 30.0 Å². The minimum absolute atomic E-state index is 0. The Labute approximate surface area is 153 Å². The predicted molar refractivity (Wildman–Crippen MR) is 101 cm³/mol. The average Bonchev–Trinajstić information content (AvgIpc) is 2.55. The molecule has 1 aliphatic rings. The van der Waals surface area contributed by atoms with Crippen LogP contribution >= 0.6 is 12.4 Å². The normalized spacial score (nSPS) is 17.5. The fraction of sp³-hybridized carbons (Fsp3) is 0.316. The molecule has 0 aliphatic carbocycles. The number of amides is 1. The molecule has 1 amide bonds. The number of nitrogens with one attached hydrogen (secondary N) is 1. The van der Waals surface area contributed by atoms with Crippen LogP contribution in [0.3, 0.4) is 0 Å². The highest BCUT2D eigenvalue weighted by atomic mass is 35.5. The molecule has 3 rings (SSSR count). The summed E-state index contributed by atoms with van der Waals surface area (Å²) in [7, 11) is 1.58. The van der Waals surface area contributed by atoms with E-state index in [1.54, 1.807) is 31.4 Å². The van der Waals surface area contributed by atoms with E-state index < -0.39 is 0 Å². The molecule has 1 heterocycles. The third-order valence-corrected chi connectivity index (χ3v) is 4.13. The molecule has 1 atom stereocenters. The zero-order valence-electron chi connectivity index (χ0n) is 14.5. The highest BCUT2D eigenvalue weighted by Crippen LogP contribution is 2.40. The number of nitrogens with two attached hydrogens (primary N) is 1. The molecule has 3 N–H and O–H groups in total. The predicted octanol–water partition coefficient (Wildman–Crippen LogP) is 3.73. The first-order chi connectivity index (χ1) is 11.4. The maximum atomic E-state index is 12.6. The third kappa shape index (κ3) is 4.17. The molecule has 0 saturated heterocycles. The lowest BCUT2D eigenvalue weighted by Gasteiger charge is -2.38. The van der Waals surface area contributed by atoms with Crippen LogP contribution in [-0.4, -0.2) is 18.6 Å². The molecule has 0 saturated carbocycles. The molecule has 6 heteroatoms. The zero-order valence-corrected chi connectivity index (χ0v) is 15.4. The summed E-state index contributed by atoms with van der Waals surface area (Å²) in [5, 5.41) is 3.10. The van der Waals surface area contributed by atoms with Crippen LogP contribution < -0.4 is 20.5 Å². The van der Waals surface area contributed by atoms with Gasteiger partial charge in [0, 0.05) is 23.2 Å². The third-order valence-electron chi connectivity index (χ3n) is 4.13. The number of anilines is 1. The van der Waals surface area contributed by atoms with Gasteiger partial charge in [-0.3, -0.25) is 4.79 Å². The van der Waals surface area contributed by atoms with E-state index in [1.807, 2.05) is 32.0 Å².